The van der Waals surface area contributed by atoms with Gasteiger partial charge in [-0.2, -0.15) is 13.2 Å². The predicted molar refractivity (Wildman–Crippen MR) is 46.0 cm³/mol. The summed E-state index contributed by atoms with van der Waals surface area (Å²) in [6.45, 7) is 2.40. The molecule has 0 saturated heterocycles. The number of alkyl halides is 3. The van der Waals surface area contributed by atoms with E-state index in [1.165, 1.54) is 0 Å². The molecule has 4 nitrogen and oxygen atoms in total. The molecule has 0 amide bonds. The van der Waals surface area contributed by atoms with E-state index in [0.717, 1.165) is 0 Å². The van der Waals surface area contributed by atoms with Crippen molar-refractivity contribution >= 4 is 0 Å². The lowest BCUT2D eigenvalue weighted by molar-refractivity contribution is -0.135. The Morgan fingerprint density at radius 1 is 1.33 bits per heavy atom. The molecule has 0 saturated carbocycles. The highest BCUT2D eigenvalue weighted by Crippen LogP contribution is 2.20. The largest absolute Gasteiger partial charge is 0.389 e. The van der Waals surface area contributed by atoms with E-state index in [9.17, 15) is 13.2 Å². The zero-order chi connectivity index (χ0) is 11.3. The fourth-order valence-corrected chi connectivity index (χ4v) is 1.03. The van der Waals surface area contributed by atoms with E-state index >= 15 is 0 Å². The highest BCUT2D eigenvalue weighted by atomic mass is 19.4. The third-order valence-corrected chi connectivity index (χ3v) is 1.85. The van der Waals surface area contributed by atoms with Crippen molar-refractivity contribution in [3.63, 3.8) is 0 Å². The smallest absolute Gasteiger partial charge is 0.311 e. The number of aromatic nitrogens is 2. The summed E-state index contributed by atoms with van der Waals surface area (Å²) in [5.74, 6) is 0. The van der Waals surface area contributed by atoms with Gasteiger partial charge in [-0.25, -0.2) is 4.63 Å². The average molecular weight is 223 g/mol. The molecular formula is C8H12F3N3O. The van der Waals surface area contributed by atoms with Crippen LogP contribution in [-0.2, 0) is 6.54 Å². The van der Waals surface area contributed by atoms with E-state index in [1.807, 2.05) is 0 Å². The van der Waals surface area contributed by atoms with E-state index in [0.29, 0.717) is 24.5 Å². The maximum atomic E-state index is 11.8. The maximum Gasteiger partial charge on any atom is 0.389 e. The standard InChI is InChI=1S/C8H12F3N3O/c1-6-7(14-15-13-6)5-12-4-2-3-8(9,10)11/h12H,2-5H2,1H3. The first-order chi connectivity index (χ1) is 6.99. The van der Waals surface area contributed by atoms with Crippen molar-refractivity contribution in [3.05, 3.63) is 11.4 Å². The number of hydrogen-bond acceptors (Lipinski definition) is 4. The Labute approximate surface area is 84.8 Å². The van der Waals surface area contributed by atoms with Crippen LogP contribution in [0.4, 0.5) is 13.2 Å². The van der Waals surface area contributed by atoms with Crippen molar-refractivity contribution in [2.75, 3.05) is 6.54 Å². The van der Waals surface area contributed by atoms with Crippen molar-refractivity contribution in [3.8, 4) is 0 Å². The van der Waals surface area contributed by atoms with Gasteiger partial charge in [-0.1, -0.05) is 10.3 Å². The van der Waals surface area contributed by atoms with Crippen LogP contribution in [0.5, 0.6) is 0 Å². The van der Waals surface area contributed by atoms with Crippen LogP contribution in [0.15, 0.2) is 4.63 Å². The fourth-order valence-electron chi connectivity index (χ4n) is 1.03. The molecule has 0 radical (unpaired) electrons. The first kappa shape index (κ1) is 12.0. The molecule has 0 bridgehead atoms. The Morgan fingerprint density at radius 2 is 2.07 bits per heavy atom. The number of rotatable bonds is 5. The minimum atomic E-state index is -4.08. The average Bonchev–Trinajstić information content (AvgIpc) is 2.49. The molecular weight excluding hydrogens is 211 g/mol. The Hall–Kier alpha value is -1.11. The molecule has 86 valence electrons. The van der Waals surface area contributed by atoms with Gasteiger partial charge in [-0.3, -0.25) is 0 Å². The second-order valence-electron chi connectivity index (χ2n) is 3.19. The van der Waals surface area contributed by atoms with Crippen LogP contribution >= 0.6 is 0 Å². The summed E-state index contributed by atoms with van der Waals surface area (Å²) in [6, 6.07) is 0. The van der Waals surface area contributed by atoms with Gasteiger partial charge in [-0.05, 0) is 19.9 Å². The van der Waals surface area contributed by atoms with E-state index in [2.05, 4.69) is 20.3 Å². The first-order valence-corrected chi connectivity index (χ1v) is 4.54. The molecule has 0 aliphatic rings. The molecule has 0 aliphatic carbocycles. The number of nitrogens with one attached hydrogen (secondary N) is 1. The van der Waals surface area contributed by atoms with Gasteiger partial charge >= 0.3 is 6.18 Å². The van der Waals surface area contributed by atoms with Crippen molar-refractivity contribution in [2.45, 2.75) is 32.5 Å². The zero-order valence-electron chi connectivity index (χ0n) is 8.26. The second kappa shape index (κ2) is 5.11. The van der Waals surface area contributed by atoms with Crippen LogP contribution < -0.4 is 5.32 Å². The van der Waals surface area contributed by atoms with Crippen LogP contribution in [0, 0.1) is 6.92 Å². The summed E-state index contributed by atoms with van der Waals surface area (Å²) in [7, 11) is 0. The van der Waals surface area contributed by atoms with E-state index in [4.69, 9.17) is 0 Å². The van der Waals surface area contributed by atoms with Gasteiger partial charge in [-0.15, -0.1) is 0 Å². The SMILES string of the molecule is Cc1nonc1CNCCCC(F)(F)F. The summed E-state index contributed by atoms with van der Waals surface area (Å²) in [4.78, 5) is 0. The lowest BCUT2D eigenvalue weighted by Crippen LogP contribution is -2.18. The minimum Gasteiger partial charge on any atom is -0.311 e. The molecule has 1 aromatic heterocycles. The highest BCUT2D eigenvalue weighted by molar-refractivity contribution is 5.03. The first-order valence-electron chi connectivity index (χ1n) is 4.54. The lowest BCUT2D eigenvalue weighted by atomic mass is 10.3. The van der Waals surface area contributed by atoms with Gasteiger partial charge in [0.15, 0.2) is 0 Å². The number of aryl methyl sites for hydroxylation is 1. The molecule has 1 rings (SSSR count). The summed E-state index contributed by atoms with van der Waals surface area (Å²) in [5.41, 5.74) is 1.28. The molecule has 1 aromatic rings. The second-order valence-corrected chi connectivity index (χ2v) is 3.19. The van der Waals surface area contributed by atoms with E-state index in [1.54, 1.807) is 6.92 Å². The Bertz CT molecular complexity index is 298. The van der Waals surface area contributed by atoms with Gasteiger partial charge in [0.05, 0.1) is 0 Å². The van der Waals surface area contributed by atoms with Gasteiger partial charge in [0.2, 0.25) is 0 Å². The molecule has 0 aliphatic heterocycles. The molecule has 0 aromatic carbocycles. The topological polar surface area (TPSA) is 51.0 Å². The fraction of sp³-hybridized carbons (Fsp3) is 0.750. The molecule has 7 heteroatoms. The third-order valence-electron chi connectivity index (χ3n) is 1.85. The Balaban J connectivity index is 2.10. The minimum absolute atomic E-state index is 0.0633. The Kier molecular flexibility index (Phi) is 4.07. The molecule has 0 spiro atoms. The zero-order valence-corrected chi connectivity index (χ0v) is 8.26. The van der Waals surface area contributed by atoms with Gasteiger partial charge in [0.1, 0.15) is 11.4 Å². The molecule has 0 fully saturated rings. The molecule has 15 heavy (non-hydrogen) atoms. The van der Waals surface area contributed by atoms with E-state index < -0.39 is 12.6 Å². The molecule has 1 heterocycles. The molecule has 0 atom stereocenters. The van der Waals surface area contributed by atoms with Gasteiger partial charge < -0.3 is 5.32 Å². The number of hydrogen-bond donors (Lipinski definition) is 1. The molecule has 0 unspecified atom stereocenters. The van der Waals surface area contributed by atoms with Crippen LogP contribution in [0.1, 0.15) is 24.2 Å². The third kappa shape index (κ3) is 4.78. The monoisotopic (exact) mass is 223 g/mol. The van der Waals surface area contributed by atoms with Crippen molar-refractivity contribution < 1.29 is 17.8 Å². The Morgan fingerprint density at radius 3 is 2.60 bits per heavy atom. The van der Waals surface area contributed by atoms with Crippen molar-refractivity contribution in [1.29, 1.82) is 0 Å². The molecule has 1 N–H and O–H groups in total. The van der Waals surface area contributed by atoms with Gasteiger partial charge in [0.25, 0.3) is 0 Å². The number of nitrogens with zero attached hydrogens (tertiary/aromatic N) is 2. The normalized spacial score (nSPS) is 12.0. The van der Waals surface area contributed by atoms with Crippen molar-refractivity contribution in [2.24, 2.45) is 0 Å². The highest BCUT2D eigenvalue weighted by Gasteiger charge is 2.25. The van der Waals surface area contributed by atoms with Crippen LogP contribution in [0.3, 0.4) is 0 Å². The van der Waals surface area contributed by atoms with Crippen LogP contribution in [0.2, 0.25) is 0 Å². The van der Waals surface area contributed by atoms with Crippen LogP contribution in [0.25, 0.3) is 0 Å². The van der Waals surface area contributed by atoms with Crippen molar-refractivity contribution in [1.82, 2.24) is 15.6 Å². The maximum absolute atomic E-state index is 11.8. The lowest BCUT2D eigenvalue weighted by Gasteiger charge is -2.05. The number of halogens is 3. The summed E-state index contributed by atoms with van der Waals surface area (Å²) in [6.07, 6.45) is -4.78. The predicted octanol–water partition coefficient (Wildman–Crippen LogP) is 1.81. The summed E-state index contributed by atoms with van der Waals surface area (Å²) < 4.78 is 39.7. The summed E-state index contributed by atoms with van der Waals surface area (Å²) in [5, 5.41) is 9.98. The van der Waals surface area contributed by atoms with Gasteiger partial charge in [0, 0.05) is 13.0 Å². The summed E-state index contributed by atoms with van der Waals surface area (Å²) >= 11 is 0. The van der Waals surface area contributed by atoms with E-state index in [-0.39, 0.29) is 6.42 Å². The van der Waals surface area contributed by atoms with Crippen LogP contribution in [-0.4, -0.2) is 23.0 Å². The quantitative estimate of drug-likeness (QED) is 0.773.